The zero-order valence-electron chi connectivity index (χ0n) is 15.1. The van der Waals surface area contributed by atoms with Gasteiger partial charge < -0.3 is 9.47 Å². The molecule has 29 heavy (non-hydrogen) atoms. The van der Waals surface area contributed by atoms with Gasteiger partial charge in [0.1, 0.15) is 12.4 Å². The molecule has 1 aliphatic rings. The van der Waals surface area contributed by atoms with Crippen LogP contribution in [0.2, 0.25) is 0 Å². The van der Waals surface area contributed by atoms with Crippen molar-refractivity contribution in [3.63, 3.8) is 0 Å². The van der Waals surface area contributed by atoms with Crippen LogP contribution in [0.25, 0.3) is 6.08 Å². The van der Waals surface area contributed by atoms with Crippen LogP contribution in [0.4, 0.5) is 0 Å². The van der Waals surface area contributed by atoms with Crippen molar-refractivity contribution in [2.75, 3.05) is 0 Å². The lowest BCUT2D eigenvalue weighted by atomic mass is 10.2. The lowest BCUT2D eigenvalue weighted by molar-refractivity contribution is -0.129. The fraction of sp³-hybridized carbons (Fsp3) is 0.0435. The molecule has 0 radical (unpaired) electrons. The highest BCUT2D eigenvalue weighted by molar-refractivity contribution is 14.1. The van der Waals surface area contributed by atoms with E-state index in [4.69, 9.17) is 9.47 Å². The molecule has 0 amide bonds. The van der Waals surface area contributed by atoms with E-state index >= 15 is 0 Å². The maximum absolute atomic E-state index is 12.2. The molecule has 0 aliphatic carbocycles. The van der Waals surface area contributed by atoms with Gasteiger partial charge in [-0.05, 0) is 111 Å². The zero-order valence-corrected chi connectivity index (χ0v) is 19.5. The van der Waals surface area contributed by atoms with E-state index in [-0.39, 0.29) is 5.70 Å². The van der Waals surface area contributed by atoms with Crippen LogP contribution in [0.3, 0.4) is 0 Å². The van der Waals surface area contributed by atoms with E-state index in [1.54, 1.807) is 6.08 Å². The van der Waals surface area contributed by atoms with Gasteiger partial charge in [0, 0.05) is 12.7 Å². The Morgan fingerprint density at radius 1 is 0.931 bits per heavy atom. The number of hydrogen-bond donors (Lipinski definition) is 0. The van der Waals surface area contributed by atoms with Crippen molar-refractivity contribution >= 4 is 63.1 Å². The molecule has 0 atom stereocenters. The van der Waals surface area contributed by atoms with Crippen molar-refractivity contribution in [2.45, 2.75) is 6.61 Å². The maximum Gasteiger partial charge on any atom is 0.363 e. The molecule has 3 aromatic carbocycles. The highest BCUT2D eigenvalue weighted by Crippen LogP contribution is 2.22. The summed E-state index contributed by atoms with van der Waals surface area (Å²) < 4.78 is 13.5. The van der Waals surface area contributed by atoms with Crippen molar-refractivity contribution in [3.05, 3.63) is 102 Å². The van der Waals surface area contributed by atoms with Gasteiger partial charge >= 0.3 is 5.97 Å². The second-order valence-electron chi connectivity index (χ2n) is 6.33. The number of hydrogen-bond acceptors (Lipinski definition) is 4. The number of carbonyl (C=O) groups is 1. The maximum atomic E-state index is 12.2. The number of cyclic esters (lactones) is 1. The third-order valence-electron chi connectivity index (χ3n) is 4.17. The Balaban J connectivity index is 1.51. The van der Waals surface area contributed by atoms with Gasteiger partial charge in [0.2, 0.25) is 5.90 Å². The van der Waals surface area contributed by atoms with Crippen LogP contribution in [-0.2, 0) is 16.1 Å². The minimum atomic E-state index is -0.455. The van der Waals surface area contributed by atoms with Gasteiger partial charge in [-0.15, -0.1) is 0 Å². The number of halogens is 2. The predicted molar refractivity (Wildman–Crippen MR) is 130 cm³/mol. The Morgan fingerprint density at radius 2 is 1.72 bits per heavy atom. The van der Waals surface area contributed by atoms with E-state index in [9.17, 15) is 4.79 Å². The Morgan fingerprint density at radius 3 is 2.52 bits per heavy atom. The minimum absolute atomic E-state index is 0.272. The molecule has 0 unspecified atom stereocenters. The van der Waals surface area contributed by atoms with Gasteiger partial charge in [-0.1, -0.05) is 24.3 Å². The first-order valence-corrected chi connectivity index (χ1v) is 11.0. The first kappa shape index (κ1) is 20.1. The summed E-state index contributed by atoms with van der Waals surface area (Å²) in [4.78, 5) is 16.6. The third-order valence-corrected chi connectivity index (χ3v) is 5.56. The summed E-state index contributed by atoms with van der Waals surface area (Å²) >= 11 is 4.51. The Bertz CT molecular complexity index is 1120. The topological polar surface area (TPSA) is 47.9 Å². The number of carbonyl (C=O) groups excluding carboxylic acids is 1. The van der Waals surface area contributed by atoms with Crippen LogP contribution in [-0.4, -0.2) is 11.9 Å². The van der Waals surface area contributed by atoms with Gasteiger partial charge in [0.05, 0.1) is 0 Å². The average molecular weight is 607 g/mol. The molecule has 3 aromatic rings. The van der Waals surface area contributed by atoms with Gasteiger partial charge in [0.25, 0.3) is 0 Å². The zero-order chi connectivity index (χ0) is 20.2. The average Bonchev–Trinajstić information content (AvgIpc) is 3.08. The molecule has 1 aliphatic heterocycles. The molecule has 0 spiro atoms. The van der Waals surface area contributed by atoms with E-state index in [1.807, 2.05) is 66.7 Å². The summed E-state index contributed by atoms with van der Waals surface area (Å²) in [6.45, 7) is 0.480. The van der Waals surface area contributed by atoms with Crippen molar-refractivity contribution in [3.8, 4) is 5.75 Å². The molecule has 0 fully saturated rings. The molecule has 4 nitrogen and oxygen atoms in total. The highest BCUT2D eigenvalue weighted by atomic mass is 127. The van der Waals surface area contributed by atoms with Gasteiger partial charge in [0.15, 0.2) is 5.70 Å². The second-order valence-corrected chi connectivity index (χ2v) is 8.83. The molecule has 0 aromatic heterocycles. The Labute approximate surface area is 195 Å². The van der Waals surface area contributed by atoms with Crippen molar-refractivity contribution < 1.29 is 14.3 Å². The van der Waals surface area contributed by atoms with Crippen molar-refractivity contribution in [1.29, 1.82) is 0 Å². The monoisotopic (exact) mass is 607 g/mol. The molecular formula is C23H15I2NO3. The number of ether oxygens (including phenoxy) is 2. The van der Waals surface area contributed by atoms with Crippen LogP contribution < -0.4 is 4.74 Å². The molecule has 0 saturated carbocycles. The standard InChI is InChI=1S/C23H15I2NO3/c24-18-9-7-17(8-10-18)22-26-21(23(27)29-22)13-15-3-2-6-20(12-15)28-14-16-4-1-5-19(25)11-16/h1-13H,14H2/b21-13-. The molecule has 6 heteroatoms. The molecule has 144 valence electrons. The van der Waals surface area contributed by atoms with Crippen LogP contribution in [0.5, 0.6) is 5.75 Å². The minimum Gasteiger partial charge on any atom is -0.489 e. The lowest BCUT2D eigenvalue weighted by Crippen LogP contribution is -2.05. The quantitative estimate of drug-likeness (QED) is 0.209. The van der Waals surface area contributed by atoms with Crippen molar-refractivity contribution in [1.82, 2.24) is 0 Å². The second kappa shape index (κ2) is 9.08. The van der Waals surface area contributed by atoms with E-state index in [1.165, 1.54) is 3.57 Å². The van der Waals surface area contributed by atoms with E-state index < -0.39 is 5.97 Å². The van der Waals surface area contributed by atoms with E-state index in [0.29, 0.717) is 12.5 Å². The Kier molecular flexibility index (Phi) is 6.29. The molecule has 1 heterocycles. The number of esters is 1. The first-order chi connectivity index (χ1) is 14.1. The van der Waals surface area contributed by atoms with Crippen molar-refractivity contribution in [2.24, 2.45) is 4.99 Å². The molecule has 0 bridgehead atoms. The smallest absolute Gasteiger partial charge is 0.363 e. The summed E-state index contributed by atoms with van der Waals surface area (Å²) in [6.07, 6.45) is 1.71. The lowest BCUT2D eigenvalue weighted by Gasteiger charge is -2.07. The van der Waals surface area contributed by atoms with Crippen LogP contribution in [0.15, 0.2) is 83.5 Å². The summed E-state index contributed by atoms with van der Waals surface area (Å²) in [5, 5.41) is 0. The predicted octanol–water partition coefficient (Wildman–Crippen LogP) is 5.82. The van der Waals surface area contributed by atoms with Crippen LogP contribution in [0, 0.1) is 7.14 Å². The van der Waals surface area contributed by atoms with Gasteiger partial charge in [-0.3, -0.25) is 0 Å². The third kappa shape index (κ3) is 5.24. The van der Waals surface area contributed by atoms with Crippen LogP contribution >= 0.6 is 45.2 Å². The molecular weight excluding hydrogens is 592 g/mol. The van der Waals surface area contributed by atoms with E-state index in [0.717, 1.165) is 26.0 Å². The first-order valence-electron chi connectivity index (χ1n) is 8.83. The van der Waals surface area contributed by atoms with Gasteiger partial charge in [-0.25, -0.2) is 9.79 Å². The highest BCUT2D eigenvalue weighted by Gasteiger charge is 2.24. The van der Waals surface area contributed by atoms with Gasteiger partial charge in [-0.2, -0.15) is 0 Å². The number of rotatable bonds is 5. The van der Waals surface area contributed by atoms with Crippen LogP contribution in [0.1, 0.15) is 16.7 Å². The largest absolute Gasteiger partial charge is 0.489 e. The Hall–Kier alpha value is -2.20. The molecule has 0 saturated heterocycles. The SMILES string of the molecule is O=C1OC(c2ccc(I)cc2)=N/C1=C\c1cccc(OCc2cccc(I)c2)c1. The fourth-order valence-electron chi connectivity index (χ4n) is 2.77. The van der Waals surface area contributed by atoms with E-state index in [2.05, 4.69) is 56.2 Å². The summed E-state index contributed by atoms with van der Waals surface area (Å²) in [5.74, 6) is 0.596. The molecule has 4 rings (SSSR count). The normalized spacial score (nSPS) is 14.6. The number of nitrogens with zero attached hydrogens (tertiary/aromatic N) is 1. The summed E-state index contributed by atoms with van der Waals surface area (Å²) in [7, 11) is 0. The fourth-order valence-corrected chi connectivity index (χ4v) is 3.74. The summed E-state index contributed by atoms with van der Waals surface area (Å²) in [6, 6.07) is 23.4. The summed E-state index contributed by atoms with van der Waals surface area (Å²) in [5.41, 5.74) is 2.97. The number of benzene rings is 3. The number of aliphatic imine (C=N–C) groups is 1. The molecule has 0 N–H and O–H groups in total.